The van der Waals surface area contributed by atoms with Crippen LogP contribution in [-0.4, -0.2) is 37.5 Å². The Bertz CT molecular complexity index is 6110. The summed E-state index contributed by atoms with van der Waals surface area (Å²) in [5.41, 5.74) is 18.8. The van der Waals surface area contributed by atoms with Crippen LogP contribution >= 0.6 is 0 Å². The summed E-state index contributed by atoms with van der Waals surface area (Å²) in [6.45, 7) is 16.8. The van der Waals surface area contributed by atoms with Crippen LogP contribution < -0.4 is 53.1 Å². The number of hydrogen-bond donors (Lipinski definition) is 0. The van der Waals surface area contributed by atoms with Crippen molar-refractivity contribution in [2.24, 2.45) is 0 Å². The molecule has 0 aliphatic rings. The zero-order valence-corrected chi connectivity index (χ0v) is 69.8. The molecule has 0 heterocycles. The van der Waals surface area contributed by atoms with Gasteiger partial charge in [-0.25, -0.2) is 19.2 Å². The normalized spacial score (nSPS) is 10.3. The first-order valence-corrected chi connectivity index (χ1v) is 40.8. The molecule has 620 valence electrons. The summed E-state index contributed by atoms with van der Waals surface area (Å²) in [5.74, 6) is 1.55. The molecule has 16 rings (SSSR count). The van der Waals surface area contributed by atoms with Crippen molar-refractivity contribution < 1.29 is 42.9 Å². The Kier molecular flexibility index (Phi) is 30.5. The van der Waals surface area contributed by atoms with Gasteiger partial charge in [0.05, 0.1) is 0 Å². The summed E-state index contributed by atoms with van der Waals surface area (Å²) < 4.78 is 26.7. The van der Waals surface area contributed by atoms with Crippen molar-refractivity contribution in [3.8, 4) is 45.6 Å². The predicted octanol–water partition coefficient (Wildman–Crippen LogP) is 28.4. The third kappa shape index (κ3) is 23.7. The van der Waals surface area contributed by atoms with Gasteiger partial charge < -0.3 is 53.1 Å². The number of carbonyl (C=O) groups is 4. The number of hydrogen-bond acceptors (Lipinski definition) is 15. The second-order valence-electron chi connectivity index (χ2n) is 28.0. The number of nitrogens with zero attached hydrogens (tertiary/aromatic N) is 6. The maximum atomic E-state index is 11.6. The topological polar surface area (TPSA) is 134 Å². The van der Waals surface area contributed by atoms with E-state index in [0.717, 1.165) is 128 Å². The third-order valence-corrected chi connectivity index (χ3v) is 19.7. The number of carbonyl (C=O) groups excluding carboxylic acids is 4. The Hall–Kier alpha value is -17.0. The van der Waals surface area contributed by atoms with Gasteiger partial charge in [-0.3, -0.25) is 0 Å². The molecule has 15 heteroatoms. The van der Waals surface area contributed by atoms with E-state index in [1.54, 1.807) is 48.5 Å². The maximum Gasteiger partial charge on any atom is 0.335 e. The van der Waals surface area contributed by atoms with Crippen LogP contribution in [0.2, 0.25) is 0 Å². The predicted molar refractivity (Wildman–Crippen MR) is 513 cm³/mol. The van der Waals surface area contributed by atoms with Gasteiger partial charge in [0.15, 0.2) is 0 Å². The molecule has 0 spiro atoms. The molecule has 0 radical (unpaired) electrons. The van der Waals surface area contributed by atoms with Crippen molar-refractivity contribution in [3.05, 3.63) is 487 Å². The smallest absolute Gasteiger partial charge is 0.335 e. The molecular formula is C111H92N6O9. The van der Waals surface area contributed by atoms with Crippen LogP contribution in [0.5, 0.6) is 34.5 Å². The van der Waals surface area contributed by atoms with Crippen molar-refractivity contribution >= 4 is 115 Å². The molecule has 0 bridgehead atoms. The lowest BCUT2D eigenvalue weighted by atomic mass is 10.0. The summed E-state index contributed by atoms with van der Waals surface area (Å²) in [5, 5.41) is 0. The van der Waals surface area contributed by atoms with Crippen LogP contribution in [0.25, 0.3) is 11.1 Å². The molecule has 16 aromatic rings. The number of anilines is 16. The van der Waals surface area contributed by atoms with Crippen LogP contribution in [0.15, 0.2) is 487 Å². The minimum atomic E-state index is -0.485. The van der Waals surface area contributed by atoms with Crippen molar-refractivity contribution in [1.29, 1.82) is 0 Å². The van der Waals surface area contributed by atoms with Gasteiger partial charge in [0.2, 0.25) is 0 Å². The average Bonchev–Trinajstić information content (AvgIpc) is 0.757. The number of benzene rings is 16. The summed E-state index contributed by atoms with van der Waals surface area (Å²) >= 11 is 0. The highest BCUT2D eigenvalue weighted by atomic mass is 16.5. The SMILES string of the molecule is C=CC(=O)Oc1ccc(N(c2ccccc2)c2ccc(-c3ccccc3)cc2)cc1.C=CC(=O)Oc1ccc(N(c2ccccc2)c2ccc(N(C)CC)cc2)cc1.C=CC(=O)Oc1ccc(N(c2ccccc2)c2ccc(N(c3ccccc3)c3ccccc3)cc2)cc1.C=CC(=O)Oc1ccc(N(c2ccccc2)c2ccc(Oc3ccccc3)cc2)cc1. The zero-order chi connectivity index (χ0) is 87.6. The molecule has 15 nitrogen and oxygen atoms in total. The van der Waals surface area contributed by atoms with Gasteiger partial charge in [-0.05, 0) is 285 Å². The van der Waals surface area contributed by atoms with E-state index in [0.29, 0.717) is 23.0 Å². The summed E-state index contributed by atoms with van der Waals surface area (Å²) in [7, 11) is 2.08. The van der Waals surface area contributed by atoms with E-state index in [1.807, 2.05) is 243 Å². The highest BCUT2D eigenvalue weighted by Gasteiger charge is 2.20. The number of ether oxygens (including phenoxy) is 5. The van der Waals surface area contributed by atoms with E-state index in [-0.39, 0.29) is 0 Å². The molecule has 0 aliphatic heterocycles. The fourth-order valence-corrected chi connectivity index (χ4v) is 13.5. The minimum absolute atomic E-state index is 0.466. The van der Waals surface area contributed by atoms with Gasteiger partial charge >= 0.3 is 23.9 Å². The van der Waals surface area contributed by atoms with Gasteiger partial charge in [0, 0.05) is 129 Å². The fraction of sp³-hybridized carbons (Fsp3) is 0.0270. The van der Waals surface area contributed by atoms with E-state index in [1.165, 1.54) is 16.8 Å². The first-order chi connectivity index (χ1) is 61.8. The van der Waals surface area contributed by atoms with E-state index in [9.17, 15) is 19.2 Å². The van der Waals surface area contributed by atoms with Crippen molar-refractivity contribution in [1.82, 2.24) is 0 Å². The van der Waals surface area contributed by atoms with E-state index < -0.39 is 23.9 Å². The summed E-state index contributed by atoms with van der Waals surface area (Å²) in [6, 6.07) is 144. The van der Waals surface area contributed by atoms with Gasteiger partial charge in [-0.1, -0.05) is 196 Å². The fourth-order valence-electron chi connectivity index (χ4n) is 13.5. The standard InChI is InChI=1S/C33H26N2O2.C27H21NO3.C27H21NO2.C24H24N2O2/c1-2-33(36)37-32-24-22-31(23-25-32)35(28-16-10-5-11-17-28)30-20-18-29(19-21-30)34(26-12-6-3-7-13-26)27-14-8-4-9-15-27;1-2-27(29)31-26-19-15-23(16-20-26)28(21-9-5-3-6-10-21)22-13-17-25(18-14-22)30-24-11-7-4-8-12-24;1-2-27(29)30-26-19-17-25(18-20-26)28(23-11-7-4-8-12-23)24-15-13-22(14-16-24)21-9-5-3-6-10-21;1-4-24(27)28-23-17-15-22(16-18-23)26(20-9-7-6-8-10-20)21-13-11-19(12-14-21)25(3)5-2/h2-25H,1H2;2-20H,1H2;2-20H,1H2;4,6-18H,1,5H2,2-3H3. The van der Waals surface area contributed by atoms with Crippen molar-refractivity contribution in [2.45, 2.75) is 6.92 Å². The van der Waals surface area contributed by atoms with Gasteiger partial charge in [0.25, 0.3) is 0 Å². The summed E-state index contributed by atoms with van der Waals surface area (Å²) in [6.07, 6.45) is 4.60. The average molecular weight is 1650 g/mol. The number of esters is 4. The van der Waals surface area contributed by atoms with E-state index in [4.69, 9.17) is 23.7 Å². The second kappa shape index (κ2) is 44.3. The van der Waals surface area contributed by atoms with Crippen LogP contribution in [0.3, 0.4) is 0 Å². The Labute approximate surface area is 736 Å². The van der Waals surface area contributed by atoms with Crippen LogP contribution in [0.1, 0.15) is 6.92 Å². The monoisotopic (exact) mass is 1650 g/mol. The molecule has 0 atom stereocenters. The molecule has 126 heavy (non-hydrogen) atoms. The minimum Gasteiger partial charge on any atom is -0.457 e. The first-order valence-electron chi connectivity index (χ1n) is 40.8. The summed E-state index contributed by atoms with van der Waals surface area (Å²) in [4.78, 5) is 58.9. The van der Waals surface area contributed by atoms with Crippen LogP contribution in [0, 0.1) is 0 Å². The molecule has 0 saturated carbocycles. The van der Waals surface area contributed by atoms with Crippen molar-refractivity contribution in [3.63, 3.8) is 0 Å². The molecule has 0 fully saturated rings. The maximum absolute atomic E-state index is 11.6. The number of rotatable bonds is 28. The highest BCUT2D eigenvalue weighted by molar-refractivity contribution is 5.88. The lowest BCUT2D eigenvalue weighted by Crippen LogP contribution is -2.16. The first kappa shape index (κ1) is 86.8. The molecule has 0 aromatic heterocycles. The molecule has 0 N–H and O–H groups in total. The second-order valence-corrected chi connectivity index (χ2v) is 28.0. The highest BCUT2D eigenvalue weighted by Crippen LogP contribution is 2.43. The molecule has 0 aliphatic carbocycles. The molecule has 16 aromatic carbocycles. The number of para-hydroxylation sites is 7. The van der Waals surface area contributed by atoms with Crippen molar-refractivity contribution in [2.75, 3.05) is 43.0 Å². The quantitative estimate of drug-likeness (QED) is 0.0261. The van der Waals surface area contributed by atoms with Crippen LogP contribution in [0.4, 0.5) is 91.0 Å². The Morgan fingerprint density at radius 1 is 0.206 bits per heavy atom. The molecule has 0 saturated heterocycles. The Morgan fingerprint density at radius 2 is 0.365 bits per heavy atom. The van der Waals surface area contributed by atoms with E-state index in [2.05, 4.69) is 215 Å². The lowest BCUT2D eigenvalue weighted by Gasteiger charge is -2.28. The molecular weight excluding hydrogens is 1560 g/mol. The Morgan fingerprint density at radius 3 is 0.579 bits per heavy atom. The zero-order valence-electron chi connectivity index (χ0n) is 69.8. The van der Waals surface area contributed by atoms with E-state index >= 15 is 0 Å². The largest absolute Gasteiger partial charge is 0.457 e. The van der Waals surface area contributed by atoms with Crippen LogP contribution in [-0.2, 0) is 19.2 Å². The lowest BCUT2D eigenvalue weighted by molar-refractivity contribution is -0.129. The third-order valence-electron chi connectivity index (χ3n) is 19.7. The van der Waals surface area contributed by atoms with Gasteiger partial charge in [-0.15, -0.1) is 0 Å². The van der Waals surface area contributed by atoms with Gasteiger partial charge in [-0.2, -0.15) is 0 Å². The Balaban J connectivity index is 0.000000145. The molecule has 0 amide bonds. The molecule has 0 unspecified atom stereocenters. The van der Waals surface area contributed by atoms with Gasteiger partial charge in [0.1, 0.15) is 34.5 Å².